The van der Waals surface area contributed by atoms with E-state index >= 15 is 0 Å². The number of benzene rings is 4. The molecule has 4 aromatic carbocycles. The summed E-state index contributed by atoms with van der Waals surface area (Å²) in [6.07, 6.45) is 3.44. The van der Waals surface area contributed by atoms with Crippen LogP contribution in [-0.2, 0) is 9.59 Å². The fourth-order valence-corrected chi connectivity index (χ4v) is 3.67. The molecule has 0 aliphatic rings. The quantitative estimate of drug-likeness (QED) is 0.163. The van der Waals surface area contributed by atoms with Gasteiger partial charge in [-0.1, -0.05) is 48.6 Å². The number of phenols is 1. The molecule has 4 rings (SSSR count). The molecule has 0 heterocycles. The van der Waals surface area contributed by atoms with Gasteiger partial charge < -0.3 is 24.1 Å². The highest BCUT2D eigenvalue weighted by atomic mass is 16.6. The molecule has 41 heavy (non-hydrogen) atoms. The SMILES string of the molecule is CC(=O)Oc1ccccc1C(=O)Oc1cc(C=Cc2ccc(O)cc2)cc(OC(=O)c2ccccc2OC(C)=O)c1. The van der Waals surface area contributed by atoms with E-state index in [2.05, 4.69) is 0 Å². The molecule has 0 bridgehead atoms. The van der Waals surface area contributed by atoms with Crippen molar-refractivity contribution in [3.8, 4) is 28.7 Å². The summed E-state index contributed by atoms with van der Waals surface area (Å²) in [5.41, 5.74) is 1.31. The van der Waals surface area contributed by atoms with Gasteiger partial charge in [0.15, 0.2) is 0 Å². The van der Waals surface area contributed by atoms with Crippen LogP contribution in [0, 0.1) is 0 Å². The van der Waals surface area contributed by atoms with Crippen molar-refractivity contribution in [2.24, 2.45) is 0 Å². The number of aromatic hydroxyl groups is 1. The second-order valence-corrected chi connectivity index (χ2v) is 8.62. The van der Waals surface area contributed by atoms with Gasteiger partial charge >= 0.3 is 23.9 Å². The van der Waals surface area contributed by atoms with E-state index < -0.39 is 23.9 Å². The first-order valence-electron chi connectivity index (χ1n) is 12.3. The molecule has 9 heteroatoms. The number of carbonyl (C=O) groups is 4. The molecule has 0 saturated carbocycles. The molecule has 0 saturated heterocycles. The highest BCUT2D eigenvalue weighted by Gasteiger charge is 2.19. The Bertz CT molecular complexity index is 1540. The van der Waals surface area contributed by atoms with E-state index in [1.807, 2.05) is 0 Å². The number of carbonyl (C=O) groups excluding carboxylic acids is 4. The number of rotatable bonds is 8. The first kappa shape index (κ1) is 28.3. The lowest BCUT2D eigenvalue weighted by Gasteiger charge is -2.12. The minimum absolute atomic E-state index is 0.0154. The molecule has 0 spiro atoms. The van der Waals surface area contributed by atoms with Crippen molar-refractivity contribution in [3.05, 3.63) is 113 Å². The Kier molecular flexibility index (Phi) is 8.91. The highest BCUT2D eigenvalue weighted by Crippen LogP contribution is 2.29. The summed E-state index contributed by atoms with van der Waals surface area (Å²) in [7, 11) is 0. The smallest absolute Gasteiger partial charge is 0.347 e. The van der Waals surface area contributed by atoms with Crippen LogP contribution in [0.25, 0.3) is 12.2 Å². The standard InChI is InChI=1S/C32H24O9/c1-20(33)38-29-9-5-3-7-27(29)31(36)40-25-17-23(12-11-22-13-15-24(35)16-14-22)18-26(19-25)41-32(37)28-8-4-6-10-30(28)39-21(2)34/h3-19,35H,1-2H3. The van der Waals surface area contributed by atoms with Crippen LogP contribution in [0.2, 0.25) is 0 Å². The minimum Gasteiger partial charge on any atom is -0.508 e. The van der Waals surface area contributed by atoms with E-state index in [9.17, 15) is 24.3 Å². The highest BCUT2D eigenvalue weighted by molar-refractivity contribution is 5.96. The monoisotopic (exact) mass is 552 g/mol. The van der Waals surface area contributed by atoms with Gasteiger partial charge in [0.05, 0.1) is 0 Å². The van der Waals surface area contributed by atoms with Crippen LogP contribution in [0.15, 0.2) is 91.0 Å². The van der Waals surface area contributed by atoms with Gasteiger partial charge in [-0.15, -0.1) is 0 Å². The van der Waals surface area contributed by atoms with E-state index in [0.717, 1.165) is 5.56 Å². The number of esters is 4. The average molecular weight is 553 g/mol. The summed E-state index contributed by atoms with van der Waals surface area (Å²) in [5, 5.41) is 9.53. The molecule has 206 valence electrons. The summed E-state index contributed by atoms with van der Waals surface area (Å²) in [6.45, 7) is 2.43. The molecule has 0 unspecified atom stereocenters. The molecule has 0 radical (unpaired) electrons. The Balaban J connectivity index is 1.67. The zero-order chi connectivity index (χ0) is 29.4. The van der Waals surface area contributed by atoms with Gasteiger partial charge in [-0.05, 0) is 59.7 Å². The molecule has 4 aromatic rings. The van der Waals surface area contributed by atoms with Crippen LogP contribution in [-0.4, -0.2) is 29.0 Å². The Labute approximate surface area is 235 Å². The molecule has 1 N–H and O–H groups in total. The zero-order valence-electron chi connectivity index (χ0n) is 22.0. The van der Waals surface area contributed by atoms with Gasteiger partial charge in [0.2, 0.25) is 0 Å². The summed E-state index contributed by atoms with van der Waals surface area (Å²) >= 11 is 0. The van der Waals surface area contributed by atoms with Gasteiger partial charge in [-0.25, -0.2) is 9.59 Å². The van der Waals surface area contributed by atoms with Gasteiger partial charge in [-0.3, -0.25) is 9.59 Å². The van der Waals surface area contributed by atoms with Crippen LogP contribution >= 0.6 is 0 Å². The van der Waals surface area contributed by atoms with E-state index in [0.29, 0.717) is 5.56 Å². The van der Waals surface area contributed by atoms with Gasteiger partial charge in [0.25, 0.3) is 0 Å². The number of hydrogen-bond donors (Lipinski definition) is 1. The van der Waals surface area contributed by atoms with Crippen molar-refractivity contribution in [1.29, 1.82) is 0 Å². The Morgan fingerprint density at radius 3 is 1.46 bits per heavy atom. The second kappa shape index (κ2) is 12.9. The molecule has 0 amide bonds. The fraction of sp³-hybridized carbons (Fsp3) is 0.0625. The summed E-state index contributed by atoms with van der Waals surface area (Å²) in [6, 6.07) is 23.1. The third-order valence-electron chi connectivity index (χ3n) is 5.41. The Morgan fingerprint density at radius 1 is 0.561 bits per heavy atom. The number of phenolic OH excluding ortho intramolecular Hbond substituents is 1. The minimum atomic E-state index is -0.806. The van der Waals surface area contributed by atoms with E-state index in [4.69, 9.17) is 18.9 Å². The maximum absolute atomic E-state index is 13.0. The van der Waals surface area contributed by atoms with Gasteiger partial charge in [0.1, 0.15) is 39.9 Å². The molecular weight excluding hydrogens is 528 g/mol. The average Bonchev–Trinajstić information content (AvgIpc) is 2.92. The number of para-hydroxylation sites is 2. The zero-order valence-corrected chi connectivity index (χ0v) is 22.0. The lowest BCUT2D eigenvalue weighted by molar-refractivity contribution is -0.132. The molecule has 9 nitrogen and oxygen atoms in total. The van der Waals surface area contributed by atoms with Crippen LogP contribution < -0.4 is 18.9 Å². The lowest BCUT2D eigenvalue weighted by atomic mass is 10.1. The van der Waals surface area contributed by atoms with E-state index in [1.165, 1.54) is 56.3 Å². The number of ether oxygens (including phenoxy) is 4. The summed E-state index contributed by atoms with van der Waals surface area (Å²) in [5.74, 6) is -2.56. The first-order valence-corrected chi connectivity index (χ1v) is 12.3. The van der Waals surface area contributed by atoms with Crippen molar-refractivity contribution in [2.75, 3.05) is 0 Å². The molecule has 0 aliphatic carbocycles. The molecular formula is C32H24O9. The van der Waals surface area contributed by atoms with Gasteiger partial charge in [0, 0.05) is 19.9 Å². The molecule has 0 aromatic heterocycles. The Hall–Kier alpha value is -5.70. The Morgan fingerprint density at radius 2 is 1.00 bits per heavy atom. The third kappa shape index (κ3) is 7.90. The lowest BCUT2D eigenvalue weighted by Crippen LogP contribution is -2.14. The van der Waals surface area contributed by atoms with Crippen molar-refractivity contribution in [1.82, 2.24) is 0 Å². The molecule has 0 fully saturated rings. The van der Waals surface area contributed by atoms with E-state index in [1.54, 1.807) is 60.7 Å². The fourth-order valence-electron chi connectivity index (χ4n) is 3.67. The van der Waals surface area contributed by atoms with Crippen LogP contribution in [0.4, 0.5) is 0 Å². The van der Waals surface area contributed by atoms with Crippen LogP contribution in [0.1, 0.15) is 45.7 Å². The summed E-state index contributed by atoms with van der Waals surface area (Å²) < 4.78 is 21.4. The normalized spacial score (nSPS) is 10.6. The van der Waals surface area contributed by atoms with E-state index in [-0.39, 0.29) is 39.9 Å². The molecule has 0 aliphatic heterocycles. The maximum Gasteiger partial charge on any atom is 0.347 e. The van der Waals surface area contributed by atoms with Crippen molar-refractivity contribution >= 4 is 36.0 Å². The van der Waals surface area contributed by atoms with Crippen molar-refractivity contribution in [2.45, 2.75) is 13.8 Å². The van der Waals surface area contributed by atoms with Crippen LogP contribution in [0.3, 0.4) is 0 Å². The van der Waals surface area contributed by atoms with Crippen LogP contribution in [0.5, 0.6) is 28.7 Å². The maximum atomic E-state index is 13.0. The predicted molar refractivity (Wildman–Crippen MR) is 149 cm³/mol. The third-order valence-corrected chi connectivity index (χ3v) is 5.41. The van der Waals surface area contributed by atoms with Crippen molar-refractivity contribution in [3.63, 3.8) is 0 Å². The van der Waals surface area contributed by atoms with Gasteiger partial charge in [-0.2, -0.15) is 0 Å². The predicted octanol–water partition coefficient (Wildman–Crippen LogP) is 5.85. The second-order valence-electron chi connectivity index (χ2n) is 8.62. The summed E-state index contributed by atoms with van der Waals surface area (Å²) in [4.78, 5) is 49.0. The molecule has 0 atom stereocenters. The number of hydrogen-bond acceptors (Lipinski definition) is 9. The largest absolute Gasteiger partial charge is 0.508 e. The topological polar surface area (TPSA) is 125 Å². The van der Waals surface area contributed by atoms with Crippen molar-refractivity contribution < 1.29 is 43.2 Å². The first-order chi connectivity index (χ1) is 19.7.